The summed E-state index contributed by atoms with van der Waals surface area (Å²) in [6, 6.07) is 4.04. The van der Waals surface area contributed by atoms with Crippen molar-refractivity contribution in [1.82, 2.24) is 0 Å². The van der Waals surface area contributed by atoms with Crippen LogP contribution in [0.4, 0.5) is 10.1 Å². The van der Waals surface area contributed by atoms with Gasteiger partial charge in [-0.1, -0.05) is 19.9 Å². The lowest BCUT2D eigenvalue weighted by molar-refractivity contribution is -0.119. The van der Waals surface area contributed by atoms with Crippen molar-refractivity contribution in [2.45, 2.75) is 20.3 Å². The highest BCUT2D eigenvalue weighted by atomic mass is 19.1. The first-order valence-corrected chi connectivity index (χ1v) is 5.69. The molecule has 0 radical (unpaired) electrons. The Kier molecular flexibility index (Phi) is 4.83. The zero-order valence-corrected chi connectivity index (χ0v) is 10.6. The fourth-order valence-electron chi connectivity index (χ4n) is 1.38. The Morgan fingerprint density at radius 3 is 2.67 bits per heavy atom. The minimum atomic E-state index is -0.812. The summed E-state index contributed by atoms with van der Waals surface area (Å²) in [6.07, 6.45) is 0.661. The quantitative estimate of drug-likeness (QED) is 0.839. The first-order valence-electron chi connectivity index (χ1n) is 5.69. The molecule has 0 aliphatic heterocycles. The van der Waals surface area contributed by atoms with E-state index in [4.69, 9.17) is 0 Å². The molecule has 5 heteroatoms. The molecular formula is C13H16FNO3. The standard InChI is InChI=1S/C13H16FNO3/c1-4-8(2)12(16)15-10-7-5-6-9(14)11(10)13(17)18-3/h5-8H,4H2,1-3H3,(H,15,16). The predicted molar refractivity (Wildman–Crippen MR) is 65.8 cm³/mol. The van der Waals surface area contributed by atoms with Crippen molar-refractivity contribution in [3.8, 4) is 0 Å². The number of hydrogen-bond acceptors (Lipinski definition) is 3. The van der Waals surface area contributed by atoms with Gasteiger partial charge < -0.3 is 10.1 Å². The SMILES string of the molecule is CCC(C)C(=O)Nc1cccc(F)c1C(=O)OC. The van der Waals surface area contributed by atoms with Gasteiger partial charge in [0.25, 0.3) is 0 Å². The molecule has 0 fully saturated rings. The minimum absolute atomic E-state index is 0.132. The van der Waals surface area contributed by atoms with Gasteiger partial charge in [0.15, 0.2) is 0 Å². The largest absolute Gasteiger partial charge is 0.465 e. The number of ether oxygens (including phenoxy) is 1. The number of carbonyl (C=O) groups excluding carboxylic acids is 2. The minimum Gasteiger partial charge on any atom is -0.465 e. The Bertz CT molecular complexity index is 460. The molecule has 1 N–H and O–H groups in total. The Morgan fingerprint density at radius 1 is 1.44 bits per heavy atom. The fraction of sp³-hybridized carbons (Fsp3) is 0.385. The smallest absolute Gasteiger partial charge is 0.342 e. The first kappa shape index (κ1) is 14.2. The van der Waals surface area contributed by atoms with Gasteiger partial charge in [-0.2, -0.15) is 0 Å². The number of benzene rings is 1. The van der Waals surface area contributed by atoms with E-state index in [1.165, 1.54) is 12.1 Å². The summed E-state index contributed by atoms with van der Waals surface area (Å²) < 4.78 is 18.1. The molecule has 0 spiro atoms. The van der Waals surface area contributed by atoms with E-state index >= 15 is 0 Å². The Hall–Kier alpha value is -1.91. The lowest BCUT2D eigenvalue weighted by Gasteiger charge is -2.13. The van der Waals surface area contributed by atoms with Gasteiger partial charge in [0.2, 0.25) is 5.91 Å². The maximum absolute atomic E-state index is 13.6. The third-order valence-corrected chi connectivity index (χ3v) is 2.72. The number of carbonyl (C=O) groups is 2. The third kappa shape index (κ3) is 3.06. The first-order chi connectivity index (χ1) is 8.51. The highest BCUT2D eigenvalue weighted by Crippen LogP contribution is 2.21. The van der Waals surface area contributed by atoms with Gasteiger partial charge in [-0.3, -0.25) is 4.79 Å². The zero-order chi connectivity index (χ0) is 13.7. The lowest BCUT2D eigenvalue weighted by Crippen LogP contribution is -2.22. The van der Waals surface area contributed by atoms with Gasteiger partial charge >= 0.3 is 5.97 Å². The molecule has 1 amide bonds. The molecule has 98 valence electrons. The van der Waals surface area contributed by atoms with Crippen molar-refractivity contribution in [1.29, 1.82) is 0 Å². The molecule has 0 saturated heterocycles. The van der Waals surface area contributed by atoms with E-state index in [9.17, 15) is 14.0 Å². The molecule has 0 bridgehead atoms. The van der Waals surface area contributed by atoms with Gasteiger partial charge in [0.05, 0.1) is 12.8 Å². The third-order valence-electron chi connectivity index (χ3n) is 2.72. The Morgan fingerprint density at radius 2 is 2.11 bits per heavy atom. The molecule has 0 saturated carbocycles. The van der Waals surface area contributed by atoms with Crippen LogP contribution in [0, 0.1) is 11.7 Å². The molecule has 0 aromatic heterocycles. The molecule has 4 nitrogen and oxygen atoms in total. The van der Waals surface area contributed by atoms with E-state index in [2.05, 4.69) is 10.1 Å². The van der Waals surface area contributed by atoms with Crippen molar-refractivity contribution < 1.29 is 18.7 Å². The second-order valence-electron chi connectivity index (χ2n) is 3.95. The highest BCUT2D eigenvalue weighted by Gasteiger charge is 2.20. The molecule has 18 heavy (non-hydrogen) atoms. The summed E-state index contributed by atoms with van der Waals surface area (Å²) in [5.41, 5.74) is -0.121. The van der Waals surface area contributed by atoms with E-state index in [1.807, 2.05) is 6.92 Å². The topological polar surface area (TPSA) is 55.4 Å². The molecule has 0 aliphatic carbocycles. The van der Waals surface area contributed by atoms with Crippen LogP contribution in [0.5, 0.6) is 0 Å². The maximum Gasteiger partial charge on any atom is 0.342 e. The summed E-state index contributed by atoms with van der Waals surface area (Å²) in [5, 5.41) is 2.54. The number of halogens is 1. The molecule has 1 rings (SSSR count). The summed E-state index contributed by atoms with van der Waals surface area (Å²) >= 11 is 0. The number of rotatable bonds is 4. The molecule has 1 unspecified atom stereocenters. The van der Waals surface area contributed by atoms with Gasteiger partial charge in [0, 0.05) is 5.92 Å². The van der Waals surface area contributed by atoms with Crippen molar-refractivity contribution in [3.05, 3.63) is 29.6 Å². The van der Waals surface area contributed by atoms with Crippen LogP contribution < -0.4 is 5.32 Å². The van der Waals surface area contributed by atoms with Crippen molar-refractivity contribution in [2.24, 2.45) is 5.92 Å². The van der Waals surface area contributed by atoms with Crippen LogP contribution in [0.3, 0.4) is 0 Å². The van der Waals surface area contributed by atoms with E-state index in [0.29, 0.717) is 6.42 Å². The Labute approximate surface area is 105 Å². The van der Waals surface area contributed by atoms with Crippen molar-refractivity contribution in [3.63, 3.8) is 0 Å². The fourth-order valence-corrected chi connectivity index (χ4v) is 1.38. The van der Waals surface area contributed by atoms with Crippen molar-refractivity contribution in [2.75, 3.05) is 12.4 Å². The summed E-state index contributed by atoms with van der Waals surface area (Å²) in [4.78, 5) is 23.2. The summed E-state index contributed by atoms with van der Waals surface area (Å²) in [6.45, 7) is 3.63. The second-order valence-corrected chi connectivity index (χ2v) is 3.95. The molecule has 1 atom stereocenters. The van der Waals surface area contributed by atoms with E-state index < -0.39 is 11.8 Å². The summed E-state index contributed by atoms with van der Waals surface area (Å²) in [7, 11) is 1.16. The molecule has 1 aromatic rings. The number of esters is 1. The Balaban J connectivity index is 3.06. The van der Waals surface area contributed by atoms with Gasteiger partial charge in [-0.25, -0.2) is 9.18 Å². The number of amides is 1. The highest BCUT2D eigenvalue weighted by molar-refractivity contribution is 6.01. The molecule has 0 aliphatic rings. The van der Waals surface area contributed by atoms with Gasteiger partial charge in [-0.05, 0) is 18.6 Å². The average Bonchev–Trinajstić information content (AvgIpc) is 2.37. The molecule has 0 heterocycles. The number of methoxy groups -OCH3 is 1. The monoisotopic (exact) mass is 253 g/mol. The number of anilines is 1. The van der Waals surface area contributed by atoms with Crippen molar-refractivity contribution >= 4 is 17.6 Å². The van der Waals surface area contributed by atoms with E-state index in [-0.39, 0.29) is 23.1 Å². The second kappa shape index (κ2) is 6.14. The van der Waals surface area contributed by atoms with E-state index in [1.54, 1.807) is 6.92 Å². The lowest BCUT2D eigenvalue weighted by atomic mass is 10.1. The zero-order valence-electron chi connectivity index (χ0n) is 10.6. The van der Waals surface area contributed by atoms with Crippen LogP contribution in [0.15, 0.2) is 18.2 Å². The normalized spacial score (nSPS) is 11.8. The maximum atomic E-state index is 13.6. The van der Waals surface area contributed by atoms with Crippen LogP contribution in [0.2, 0.25) is 0 Å². The van der Waals surface area contributed by atoms with Gasteiger partial charge in [-0.15, -0.1) is 0 Å². The van der Waals surface area contributed by atoms with Crippen LogP contribution in [0.1, 0.15) is 30.6 Å². The molecule has 1 aromatic carbocycles. The van der Waals surface area contributed by atoms with E-state index in [0.717, 1.165) is 13.2 Å². The van der Waals surface area contributed by atoms with Crippen LogP contribution in [-0.4, -0.2) is 19.0 Å². The average molecular weight is 253 g/mol. The summed E-state index contributed by atoms with van der Waals surface area (Å²) in [5.74, 6) is -2.00. The van der Waals surface area contributed by atoms with Crippen LogP contribution in [-0.2, 0) is 9.53 Å². The predicted octanol–water partition coefficient (Wildman–Crippen LogP) is 2.60. The number of nitrogens with one attached hydrogen (secondary N) is 1. The van der Waals surface area contributed by atoms with Crippen LogP contribution >= 0.6 is 0 Å². The molecular weight excluding hydrogens is 237 g/mol. The van der Waals surface area contributed by atoms with Crippen LogP contribution in [0.25, 0.3) is 0 Å². The van der Waals surface area contributed by atoms with Gasteiger partial charge in [0.1, 0.15) is 11.4 Å². The number of hydrogen-bond donors (Lipinski definition) is 1.